The Morgan fingerprint density at radius 2 is 1.62 bits per heavy atom. The SMILES string of the molecule is CC12CCC(C)([C@@H]3C(=O)N(c4ccc(Br)c(C(F)(F)F)c4)C(=O)C31)S2=O. The number of carbonyl (C=O) groups is 2. The summed E-state index contributed by atoms with van der Waals surface area (Å²) < 4.78 is 50.6. The lowest BCUT2D eigenvalue weighted by Gasteiger charge is -2.28. The second-order valence-electron chi connectivity index (χ2n) is 7.52. The Morgan fingerprint density at radius 3 is 2.08 bits per heavy atom. The largest absolute Gasteiger partial charge is 0.417 e. The van der Waals surface area contributed by atoms with Gasteiger partial charge < -0.3 is 0 Å². The van der Waals surface area contributed by atoms with E-state index in [1.807, 2.05) is 0 Å². The molecule has 2 amide bonds. The van der Waals surface area contributed by atoms with Crippen LogP contribution in [-0.4, -0.2) is 25.5 Å². The topological polar surface area (TPSA) is 54.5 Å². The van der Waals surface area contributed by atoms with E-state index in [9.17, 15) is 27.0 Å². The summed E-state index contributed by atoms with van der Waals surface area (Å²) in [6.45, 7) is 3.49. The molecule has 140 valence electrons. The van der Waals surface area contributed by atoms with Crippen LogP contribution in [0.5, 0.6) is 0 Å². The van der Waals surface area contributed by atoms with Gasteiger partial charge in [0.15, 0.2) is 0 Å². The molecule has 3 fully saturated rings. The van der Waals surface area contributed by atoms with Gasteiger partial charge in [-0.3, -0.25) is 13.8 Å². The first-order valence-corrected chi connectivity index (χ1v) is 10.0. The highest BCUT2D eigenvalue weighted by Crippen LogP contribution is 2.63. The first-order valence-electron chi connectivity index (χ1n) is 8.09. The average molecular weight is 450 g/mol. The van der Waals surface area contributed by atoms with Crippen LogP contribution in [0.25, 0.3) is 0 Å². The van der Waals surface area contributed by atoms with E-state index in [4.69, 9.17) is 0 Å². The van der Waals surface area contributed by atoms with E-state index >= 15 is 0 Å². The van der Waals surface area contributed by atoms with Crippen molar-refractivity contribution in [3.8, 4) is 0 Å². The molecule has 26 heavy (non-hydrogen) atoms. The first kappa shape index (κ1) is 18.2. The Labute approximate surface area is 158 Å². The zero-order chi connectivity index (χ0) is 19.2. The number of imide groups is 1. The van der Waals surface area contributed by atoms with Gasteiger partial charge in [0.05, 0.1) is 32.6 Å². The van der Waals surface area contributed by atoms with Gasteiger partial charge in [-0.1, -0.05) is 15.9 Å². The van der Waals surface area contributed by atoms with Gasteiger partial charge in [0.2, 0.25) is 11.8 Å². The normalized spacial score (nSPS) is 39.0. The fraction of sp³-hybridized carbons (Fsp3) is 0.529. The van der Waals surface area contributed by atoms with Crippen molar-refractivity contribution in [2.45, 2.75) is 42.4 Å². The molecule has 5 atom stereocenters. The molecule has 9 heteroatoms. The number of fused-ring (bicyclic) bond motifs is 5. The predicted octanol–water partition coefficient (Wildman–Crippen LogP) is 3.65. The fourth-order valence-corrected chi connectivity index (χ4v) is 7.83. The zero-order valence-corrected chi connectivity index (χ0v) is 16.3. The monoisotopic (exact) mass is 449 g/mol. The quantitative estimate of drug-likeness (QED) is 0.614. The Balaban J connectivity index is 1.81. The van der Waals surface area contributed by atoms with Gasteiger partial charge in [-0.05, 0) is 44.9 Å². The van der Waals surface area contributed by atoms with Gasteiger partial charge in [-0.25, -0.2) is 4.90 Å². The Kier molecular flexibility index (Phi) is 3.62. The van der Waals surface area contributed by atoms with Gasteiger partial charge in [-0.15, -0.1) is 0 Å². The van der Waals surface area contributed by atoms with E-state index in [-0.39, 0.29) is 10.2 Å². The second-order valence-corrected chi connectivity index (χ2v) is 10.8. The lowest BCUT2D eigenvalue weighted by Crippen LogP contribution is -2.40. The molecule has 4 rings (SSSR count). The van der Waals surface area contributed by atoms with Gasteiger partial charge in [0, 0.05) is 15.3 Å². The van der Waals surface area contributed by atoms with Crippen molar-refractivity contribution in [1.29, 1.82) is 0 Å². The van der Waals surface area contributed by atoms with Crippen molar-refractivity contribution < 1.29 is 27.0 Å². The minimum absolute atomic E-state index is 0.0951. The summed E-state index contributed by atoms with van der Waals surface area (Å²) in [7, 11) is -1.33. The molecule has 0 saturated carbocycles. The van der Waals surface area contributed by atoms with E-state index in [2.05, 4.69) is 15.9 Å². The molecule has 2 bridgehead atoms. The number of carbonyl (C=O) groups excluding carboxylic acids is 2. The minimum atomic E-state index is -4.62. The number of hydrogen-bond acceptors (Lipinski definition) is 3. The molecule has 0 radical (unpaired) electrons. The van der Waals surface area contributed by atoms with Gasteiger partial charge in [-0.2, -0.15) is 13.2 Å². The summed E-state index contributed by atoms with van der Waals surface area (Å²) in [4.78, 5) is 26.9. The number of anilines is 1. The highest BCUT2D eigenvalue weighted by molar-refractivity contribution is 9.10. The molecule has 3 aliphatic heterocycles. The molecule has 0 aromatic heterocycles. The molecule has 4 nitrogen and oxygen atoms in total. The number of rotatable bonds is 1. The first-order chi connectivity index (χ1) is 11.9. The molecular formula is C17H15BrF3NO3S. The van der Waals surface area contributed by atoms with Gasteiger partial charge in [0.25, 0.3) is 0 Å². The summed E-state index contributed by atoms with van der Waals surface area (Å²) in [5.74, 6) is -2.58. The van der Waals surface area contributed by atoms with E-state index in [1.165, 1.54) is 12.1 Å². The molecular weight excluding hydrogens is 435 g/mol. The Morgan fingerprint density at radius 1 is 1.12 bits per heavy atom. The summed E-state index contributed by atoms with van der Waals surface area (Å²) in [6.07, 6.45) is -3.48. The van der Waals surface area contributed by atoms with Crippen molar-refractivity contribution in [3.05, 3.63) is 28.2 Å². The molecule has 3 heterocycles. The van der Waals surface area contributed by atoms with Crippen LogP contribution < -0.4 is 4.90 Å². The van der Waals surface area contributed by atoms with Crippen LogP contribution >= 0.6 is 15.9 Å². The molecule has 4 unspecified atom stereocenters. The standard InChI is InChI=1S/C17H15BrF3NO3S/c1-15-5-6-16(2,26(15)25)12-11(15)13(23)22(14(12)24)8-3-4-10(18)9(7-8)17(19,20)21/h3-4,7,11-12H,5-6H2,1-2H3/t11-,12?,15?,16?,26?/m0/s1. The highest BCUT2D eigenvalue weighted by Gasteiger charge is 2.75. The highest BCUT2D eigenvalue weighted by atomic mass is 79.9. The molecule has 0 N–H and O–H groups in total. The average Bonchev–Trinajstić information content (AvgIpc) is 3.01. The maximum absolute atomic E-state index is 13.2. The third-order valence-electron chi connectivity index (χ3n) is 6.10. The minimum Gasteiger partial charge on any atom is -0.274 e. The van der Waals surface area contributed by atoms with Crippen molar-refractivity contribution >= 4 is 44.2 Å². The maximum atomic E-state index is 13.2. The van der Waals surface area contributed by atoms with Crippen LogP contribution in [0.15, 0.2) is 22.7 Å². The van der Waals surface area contributed by atoms with Crippen LogP contribution in [0.2, 0.25) is 0 Å². The van der Waals surface area contributed by atoms with Crippen LogP contribution in [-0.2, 0) is 26.6 Å². The summed E-state index contributed by atoms with van der Waals surface area (Å²) >= 11 is 2.86. The van der Waals surface area contributed by atoms with E-state index < -0.39 is 55.7 Å². The van der Waals surface area contributed by atoms with E-state index in [0.29, 0.717) is 12.8 Å². The summed E-state index contributed by atoms with van der Waals surface area (Å²) in [5.41, 5.74) is -1.04. The number of alkyl halides is 3. The van der Waals surface area contributed by atoms with E-state index in [0.717, 1.165) is 11.0 Å². The summed E-state index contributed by atoms with van der Waals surface area (Å²) in [5, 5.41) is 0. The van der Waals surface area contributed by atoms with Crippen LogP contribution in [0.4, 0.5) is 18.9 Å². The van der Waals surface area contributed by atoms with Crippen LogP contribution in [0.3, 0.4) is 0 Å². The molecule has 0 aliphatic carbocycles. The van der Waals surface area contributed by atoms with Crippen LogP contribution in [0, 0.1) is 11.8 Å². The predicted molar refractivity (Wildman–Crippen MR) is 92.8 cm³/mol. The smallest absolute Gasteiger partial charge is 0.274 e. The lowest BCUT2D eigenvalue weighted by molar-refractivity contribution is -0.138. The number of nitrogens with zero attached hydrogens (tertiary/aromatic N) is 1. The van der Waals surface area contributed by atoms with E-state index in [1.54, 1.807) is 13.8 Å². The molecule has 0 spiro atoms. The lowest BCUT2D eigenvalue weighted by atomic mass is 9.69. The zero-order valence-electron chi connectivity index (χ0n) is 13.9. The number of halogens is 4. The van der Waals surface area contributed by atoms with Crippen LogP contribution in [0.1, 0.15) is 32.3 Å². The van der Waals surface area contributed by atoms with Gasteiger partial charge in [0.1, 0.15) is 0 Å². The van der Waals surface area contributed by atoms with Crippen molar-refractivity contribution in [1.82, 2.24) is 0 Å². The van der Waals surface area contributed by atoms with Crippen molar-refractivity contribution in [2.24, 2.45) is 11.8 Å². The van der Waals surface area contributed by atoms with Gasteiger partial charge >= 0.3 is 6.18 Å². The molecule has 1 aromatic rings. The third kappa shape index (κ3) is 2.04. The van der Waals surface area contributed by atoms with Crippen molar-refractivity contribution in [2.75, 3.05) is 4.90 Å². The third-order valence-corrected chi connectivity index (χ3v) is 9.40. The maximum Gasteiger partial charge on any atom is 0.417 e. The fourth-order valence-electron chi connectivity index (χ4n) is 4.78. The second kappa shape index (κ2) is 5.19. The Hall–Kier alpha value is -1.22. The number of benzene rings is 1. The molecule has 3 saturated heterocycles. The number of hydrogen-bond donors (Lipinski definition) is 0. The van der Waals surface area contributed by atoms with Crippen molar-refractivity contribution in [3.63, 3.8) is 0 Å². The molecule has 3 aliphatic rings. The molecule has 1 aromatic carbocycles. The summed E-state index contributed by atoms with van der Waals surface area (Å²) in [6, 6.07) is 3.31. The Bertz CT molecular complexity index is 850. The number of amides is 2.